The highest BCUT2D eigenvalue weighted by molar-refractivity contribution is 7.91. The number of rotatable bonds is 7. The first-order chi connectivity index (χ1) is 9.58. The molecule has 0 aliphatic heterocycles. The van der Waals surface area contributed by atoms with Gasteiger partial charge in [0.15, 0.2) is 0 Å². The molecule has 1 aromatic heterocycles. The Bertz CT molecular complexity index is 642. The minimum atomic E-state index is -3.68. The van der Waals surface area contributed by atoms with Crippen LogP contribution in [0.1, 0.15) is 0 Å². The fraction of sp³-hybridized carbons (Fsp3) is 0.167. The smallest absolute Gasteiger partial charge is 0.271 e. The van der Waals surface area contributed by atoms with Crippen molar-refractivity contribution in [3.05, 3.63) is 46.8 Å². The highest BCUT2D eigenvalue weighted by atomic mass is 35.5. The molecule has 20 heavy (non-hydrogen) atoms. The van der Waals surface area contributed by atoms with Crippen LogP contribution in [-0.4, -0.2) is 21.6 Å². The first-order valence-corrected chi connectivity index (χ1v) is 8.32. The molecule has 0 saturated heterocycles. The molecule has 0 amide bonds. The predicted molar refractivity (Wildman–Crippen MR) is 77.5 cm³/mol. The van der Waals surface area contributed by atoms with E-state index in [4.69, 9.17) is 21.2 Å². The summed E-state index contributed by atoms with van der Waals surface area (Å²) in [6.45, 7) is 0.324. The van der Waals surface area contributed by atoms with E-state index in [2.05, 4.69) is 0 Å². The Balaban J connectivity index is 1.73. The van der Waals surface area contributed by atoms with Crippen molar-refractivity contribution in [2.45, 2.75) is 4.21 Å². The van der Waals surface area contributed by atoms with Gasteiger partial charge in [0.2, 0.25) is 0 Å². The summed E-state index contributed by atoms with van der Waals surface area (Å²) in [6.07, 6.45) is 0. The molecule has 1 aromatic carbocycles. The molecule has 0 bridgehead atoms. The second kappa shape index (κ2) is 7.05. The van der Waals surface area contributed by atoms with E-state index >= 15 is 0 Å². The molecule has 0 radical (unpaired) electrons. The summed E-state index contributed by atoms with van der Waals surface area (Å²) in [7, 11) is -3.68. The maximum atomic E-state index is 11.8. The van der Waals surface area contributed by atoms with Gasteiger partial charge in [-0.1, -0.05) is 34.7 Å². The second-order valence-corrected chi connectivity index (χ2v) is 7.24. The van der Waals surface area contributed by atoms with E-state index in [9.17, 15) is 8.42 Å². The molecule has 5 nitrogen and oxygen atoms in total. The largest absolute Gasteiger partial charge is 0.491 e. The highest BCUT2D eigenvalue weighted by Gasteiger charge is 2.16. The van der Waals surface area contributed by atoms with Gasteiger partial charge in [-0.25, -0.2) is 8.42 Å². The van der Waals surface area contributed by atoms with Gasteiger partial charge < -0.3 is 4.74 Å². The first-order valence-electron chi connectivity index (χ1n) is 5.65. The minimum absolute atomic E-state index is 0.0905. The molecule has 0 spiro atoms. The Morgan fingerprint density at radius 1 is 1.10 bits per heavy atom. The number of hydrogen-bond donors (Lipinski definition) is 1. The molecule has 8 heteroatoms. The average molecular weight is 334 g/mol. The van der Waals surface area contributed by atoms with Crippen molar-refractivity contribution < 1.29 is 18.0 Å². The summed E-state index contributed by atoms with van der Waals surface area (Å²) >= 11 is 6.64. The fourth-order valence-corrected chi connectivity index (χ4v) is 3.61. The Morgan fingerprint density at radius 3 is 2.50 bits per heavy atom. The van der Waals surface area contributed by atoms with Crippen molar-refractivity contribution in [1.82, 2.24) is 4.89 Å². The van der Waals surface area contributed by atoms with Crippen molar-refractivity contribution in [2.75, 3.05) is 13.2 Å². The number of sulfonamides is 1. The Kier molecular flexibility index (Phi) is 5.38. The molecule has 1 N–H and O–H groups in total. The van der Waals surface area contributed by atoms with Crippen LogP contribution in [0.15, 0.2) is 46.7 Å². The summed E-state index contributed by atoms with van der Waals surface area (Å²) in [4.78, 5) is 6.90. The minimum Gasteiger partial charge on any atom is -0.491 e. The quantitative estimate of drug-likeness (QED) is 0.625. The third-order valence-corrected chi connectivity index (χ3v) is 5.12. The molecule has 0 atom stereocenters. The van der Waals surface area contributed by atoms with Crippen LogP contribution in [0.3, 0.4) is 0 Å². The maximum Gasteiger partial charge on any atom is 0.271 e. The van der Waals surface area contributed by atoms with Gasteiger partial charge in [-0.05, 0) is 24.3 Å². The van der Waals surface area contributed by atoms with Gasteiger partial charge in [-0.3, -0.25) is 4.84 Å². The summed E-state index contributed by atoms with van der Waals surface area (Å²) in [5, 5.41) is 0. The number of ether oxygens (including phenoxy) is 1. The molecule has 0 fully saturated rings. The lowest BCUT2D eigenvalue weighted by Crippen LogP contribution is -2.25. The van der Waals surface area contributed by atoms with E-state index in [1.807, 2.05) is 23.1 Å². The average Bonchev–Trinajstić information content (AvgIpc) is 2.87. The lowest BCUT2D eigenvalue weighted by atomic mass is 10.3. The SMILES string of the molecule is O=S(=O)(NOCCOc1ccccc1)c1ccc(Cl)s1. The van der Waals surface area contributed by atoms with E-state index in [-0.39, 0.29) is 17.4 Å². The molecule has 0 saturated carbocycles. The zero-order chi connectivity index (χ0) is 14.4. The summed E-state index contributed by atoms with van der Waals surface area (Å²) in [6, 6.07) is 12.1. The van der Waals surface area contributed by atoms with Crippen LogP contribution >= 0.6 is 22.9 Å². The Morgan fingerprint density at radius 2 is 1.85 bits per heavy atom. The van der Waals surface area contributed by atoms with Gasteiger partial charge in [0.25, 0.3) is 10.0 Å². The molecule has 108 valence electrons. The Labute approximate surface area is 126 Å². The van der Waals surface area contributed by atoms with Gasteiger partial charge in [0, 0.05) is 0 Å². The van der Waals surface area contributed by atoms with Gasteiger partial charge in [0.05, 0.1) is 4.34 Å². The lowest BCUT2D eigenvalue weighted by molar-refractivity contribution is 0.0667. The monoisotopic (exact) mass is 333 g/mol. The first kappa shape index (κ1) is 15.3. The standard InChI is InChI=1S/C12H12ClNO4S2/c13-11-6-7-12(19-11)20(15,16)14-18-9-8-17-10-4-2-1-3-5-10/h1-7,14H,8-9H2. The molecule has 0 unspecified atom stereocenters. The van der Waals surface area contributed by atoms with Crippen molar-refractivity contribution in [2.24, 2.45) is 0 Å². The number of hydrogen-bond acceptors (Lipinski definition) is 5. The number of nitrogens with one attached hydrogen (secondary N) is 1. The third-order valence-electron chi connectivity index (χ3n) is 2.18. The molecular formula is C12H12ClNO4S2. The lowest BCUT2D eigenvalue weighted by Gasteiger charge is -2.07. The number of thiophene rings is 1. The maximum absolute atomic E-state index is 11.8. The van der Waals surface area contributed by atoms with Gasteiger partial charge in [0.1, 0.15) is 23.2 Å². The van der Waals surface area contributed by atoms with Crippen LogP contribution in [-0.2, 0) is 14.9 Å². The number of para-hydroxylation sites is 1. The van der Waals surface area contributed by atoms with Crippen LogP contribution in [0.5, 0.6) is 5.75 Å². The highest BCUT2D eigenvalue weighted by Crippen LogP contribution is 2.25. The van der Waals surface area contributed by atoms with Gasteiger partial charge in [-0.2, -0.15) is 0 Å². The molecule has 0 aliphatic rings. The predicted octanol–water partition coefficient (Wildman–Crippen LogP) is 2.69. The van der Waals surface area contributed by atoms with Gasteiger partial charge >= 0.3 is 0 Å². The zero-order valence-electron chi connectivity index (χ0n) is 10.3. The van der Waals surface area contributed by atoms with Crippen molar-refractivity contribution >= 4 is 33.0 Å². The van der Waals surface area contributed by atoms with E-state index in [1.165, 1.54) is 12.1 Å². The summed E-state index contributed by atoms with van der Waals surface area (Å²) < 4.78 is 29.4. The topological polar surface area (TPSA) is 64.6 Å². The molecule has 2 rings (SSSR count). The normalized spacial score (nSPS) is 11.4. The summed E-state index contributed by atoms with van der Waals surface area (Å²) in [5.74, 6) is 0.698. The molecular weight excluding hydrogens is 322 g/mol. The van der Waals surface area contributed by atoms with Gasteiger partial charge in [-0.15, -0.1) is 11.3 Å². The number of halogens is 1. The fourth-order valence-electron chi connectivity index (χ4n) is 1.32. The van der Waals surface area contributed by atoms with Crippen molar-refractivity contribution in [3.63, 3.8) is 0 Å². The number of benzene rings is 1. The van der Waals surface area contributed by atoms with E-state index < -0.39 is 10.0 Å². The molecule has 0 aliphatic carbocycles. The van der Waals surface area contributed by atoms with Crippen molar-refractivity contribution in [3.8, 4) is 5.75 Å². The van der Waals surface area contributed by atoms with Crippen LogP contribution in [0.2, 0.25) is 4.34 Å². The van der Waals surface area contributed by atoms with Crippen LogP contribution in [0, 0.1) is 0 Å². The van der Waals surface area contributed by atoms with Crippen molar-refractivity contribution in [1.29, 1.82) is 0 Å². The second-order valence-electron chi connectivity index (χ2n) is 3.66. The zero-order valence-corrected chi connectivity index (χ0v) is 12.7. The van der Waals surface area contributed by atoms with Crippen LogP contribution in [0.25, 0.3) is 0 Å². The van der Waals surface area contributed by atoms with E-state index in [1.54, 1.807) is 12.1 Å². The summed E-state index contributed by atoms with van der Waals surface area (Å²) in [5.41, 5.74) is 0. The van der Waals surface area contributed by atoms with Crippen LogP contribution in [0.4, 0.5) is 0 Å². The molecule has 1 heterocycles. The third kappa shape index (κ3) is 4.46. The van der Waals surface area contributed by atoms with E-state index in [0.29, 0.717) is 10.1 Å². The molecule has 2 aromatic rings. The van der Waals surface area contributed by atoms with E-state index in [0.717, 1.165) is 11.3 Å². The Hall–Kier alpha value is -1.12. The van der Waals surface area contributed by atoms with Crippen LogP contribution < -0.4 is 9.62 Å².